The van der Waals surface area contributed by atoms with Crippen molar-refractivity contribution in [2.24, 2.45) is 0 Å². The Morgan fingerprint density at radius 1 is 1.28 bits per heavy atom. The predicted molar refractivity (Wildman–Crippen MR) is 113 cm³/mol. The Morgan fingerprint density at radius 2 is 2.07 bits per heavy atom. The van der Waals surface area contributed by atoms with Crippen molar-refractivity contribution in [1.29, 1.82) is 5.26 Å². The molecule has 1 aliphatic rings. The first kappa shape index (κ1) is 19.5. The maximum Gasteiger partial charge on any atom is 0.235 e. The smallest absolute Gasteiger partial charge is 0.235 e. The van der Waals surface area contributed by atoms with Gasteiger partial charge in [0.15, 0.2) is 10.8 Å². The number of pyridine rings is 1. The first-order chi connectivity index (χ1) is 14.1. The van der Waals surface area contributed by atoms with E-state index in [-0.39, 0.29) is 11.7 Å². The topological polar surface area (TPSA) is 88.0 Å². The summed E-state index contributed by atoms with van der Waals surface area (Å²) in [5.41, 5.74) is 3.34. The second-order valence-corrected chi connectivity index (χ2v) is 8.40. The maximum atomic E-state index is 12.8. The summed E-state index contributed by atoms with van der Waals surface area (Å²) in [4.78, 5) is 12.8. The van der Waals surface area contributed by atoms with Crippen LogP contribution in [0.4, 0.5) is 5.82 Å². The minimum atomic E-state index is -0.145. The SMILES string of the molecule is Cc1c(C#N)c(NC(=O)CSc2nnc3ccccn23)n(C2CCCCC2)c1C. The van der Waals surface area contributed by atoms with Crippen LogP contribution in [-0.2, 0) is 4.79 Å². The van der Waals surface area contributed by atoms with E-state index in [0.717, 1.165) is 29.7 Å². The highest BCUT2D eigenvalue weighted by Crippen LogP contribution is 2.36. The largest absolute Gasteiger partial charge is 0.327 e. The lowest BCUT2D eigenvalue weighted by Crippen LogP contribution is -2.21. The molecule has 1 fully saturated rings. The number of thioether (sulfide) groups is 1. The van der Waals surface area contributed by atoms with Crippen molar-refractivity contribution in [3.8, 4) is 6.07 Å². The molecule has 3 aromatic rings. The van der Waals surface area contributed by atoms with Crippen LogP contribution in [0, 0.1) is 25.2 Å². The Kier molecular flexibility index (Phi) is 5.58. The fourth-order valence-electron chi connectivity index (χ4n) is 4.10. The lowest BCUT2D eigenvalue weighted by Gasteiger charge is -2.27. The maximum absolute atomic E-state index is 12.8. The number of carbonyl (C=O) groups is 1. The summed E-state index contributed by atoms with van der Waals surface area (Å²) in [6, 6.07) is 8.32. The first-order valence-corrected chi connectivity index (χ1v) is 10.9. The molecule has 0 unspecified atom stereocenters. The Balaban J connectivity index is 1.54. The van der Waals surface area contributed by atoms with E-state index in [4.69, 9.17) is 0 Å². The van der Waals surface area contributed by atoms with E-state index >= 15 is 0 Å². The number of amides is 1. The molecule has 1 saturated carbocycles. The average molecular weight is 409 g/mol. The van der Waals surface area contributed by atoms with Gasteiger partial charge >= 0.3 is 0 Å². The molecule has 0 radical (unpaired) electrons. The van der Waals surface area contributed by atoms with Crippen LogP contribution in [0.1, 0.15) is 55.0 Å². The third kappa shape index (κ3) is 3.75. The van der Waals surface area contributed by atoms with Crippen molar-refractivity contribution in [3.63, 3.8) is 0 Å². The van der Waals surface area contributed by atoms with Gasteiger partial charge in [0, 0.05) is 17.9 Å². The number of nitriles is 1. The van der Waals surface area contributed by atoms with Gasteiger partial charge in [-0.2, -0.15) is 5.26 Å². The van der Waals surface area contributed by atoms with Crippen molar-refractivity contribution in [2.45, 2.75) is 57.1 Å². The fourth-order valence-corrected chi connectivity index (χ4v) is 4.82. The summed E-state index contributed by atoms with van der Waals surface area (Å²) >= 11 is 1.33. The van der Waals surface area contributed by atoms with Gasteiger partial charge < -0.3 is 9.88 Å². The third-order valence-electron chi connectivity index (χ3n) is 5.68. The van der Waals surface area contributed by atoms with Crippen LogP contribution in [0.3, 0.4) is 0 Å². The molecule has 29 heavy (non-hydrogen) atoms. The van der Waals surface area contributed by atoms with Gasteiger partial charge in [0.2, 0.25) is 5.91 Å². The van der Waals surface area contributed by atoms with Crippen LogP contribution in [-0.4, -0.2) is 30.8 Å². The van der Waals surface area contributed by atoms with Gasteiger partial charge in [-0.1, -0.05) is 37.1 Å². The molecular formula is C21H24N6OS. The van der Waals surface area contributed by atoms with Crippen molar-refractivity contribution < 1.29 is 4.79 Å². The summed E-state index contributed by atoms with van der Waals surface area (Å²) < 4.78 is 4.04. The van der Waals surface area contributed by atoms with Crippen molar-refractivity contribution in [3.05, 3.63) is 41.2 Å². The molecule has 0 spiro atoms. The van der Waals surface area contributed by atoms with E-state index in [2.05, 4.69) is 26.2 Å². The molecule has 0 bridgehead atoms. The third-order valence-corrected chi connectivity index (χ3v) is 6.62. The summed E-state index contributed by atoms with van der Waals surface area (Å²) in [5.74, 6) is 0.703. The molecular weight excluding hydrogens is 384 g/mol. The highest BCUT2D eigenvalue weighted by Gasteiger charge is 2.26. The molecule has 3 heterocycles. The molecule has 0 aliphatic heterocycles. The minimum absolute atomic E-state index is 0.145. The number of hydrogen-bond acceptors (Lipinski definition) is 5. The molecule has 0 saturated heterocycles. The average Bonchev–Trinajstić information content (AvgIpc) is 3.26. The van der Waals surface area contributed by atoms with E-state index in [0.29, 0.717) is 22.6 Å². The van der Waals surface area contributed by atoms with E-state index in [9.17, 15) is 10.1 Å². The van der Waals surface area contributed by atoms with Crippen molar-refractivity contribution >= 4 is 29.1 Å². The number of nitrogens with one attached hydrogen (secondary N) is 1. The quantitative estimate of drug-likeness (QED) is 0.638. The van der Waals surface area contributed by atoms with Crippen LogP contribution in [0.2, 0.25) is 0 Å². The molecule has 1 amide bonds. The number of carbonyl (C=O) groups excluding carboxylic acids is 1. The van der Waals surface area contributed by atoms with Gasteiger partial charge in [0.25, 0.3) is 0 Å². The number of nitrogens with zero attached hydrogens (tertiary/aromatic N) is 5. The predicted octanol–water partition coefficient (Wildman–Crippen LogP) is 4.26. The van der Waals surface area contributed by atoms with E-state index in [1.807, 2.05) is 42.6 Å². The normalized spacial score (nSPS) is 14.8. The lowest BCUT2D eigenvalue weighted by molar-refractivity contribution is -0.113. The molecule has 4 rings (SSSR count). The molecule has 1 aliphatic carbocycles. The van der Waals surface area contributed by atoms with Gasteiger partial charge in [0.1, 0.15) is 11.9 Å². The zero-order valence-electron chi connectivity index (χ0n) is 16.7. The molecule has 1 N–H and O–H groups in total. The molecule has 7 nitrogen and oxygen atoms in total. The van der Waals surface area contributed by atoms with Crippen LogP contribution in [0.15, 0.2) is 29.6 Å². The summed E-state index contributed by atoms with van der Waals surface area (Å²) in [6.45, 7) is 4.00. The van der Waals surface area contributed by atoms with E-state index in [1.165, 1.54) is 31.0 Å². The second kappa shape index (κ2) is 8.29. The second-order valence-electron chi connectivity index (χ2n) is 7.46. The zero-order chi connectivity index (χ0) is 20.4. The van der Waals surface area contributed by atoms with Crippen LogP contribution in [0.25, 0.3) is 5.65 Å². The Morgan fingerprint density at radius 3 is 2.83 bits per heavy atom. The van der Waals surface area contributed by atoms with E-state index in [1.54, 1.807) is 0 Å². The first-order valence-electron chi connectivity index (χ1n) is 9.94. The van der Waals surface area contributed by atoms with Crippen molar-refractivity contribution in [1.82, 2.24) is 19.2 Å². The molecule has 3 aromatic heterocycles. The van der Waals surface area contributed by atoms with Crippen LogP contribution in [0.5, 0.6) is 0 Å². The lowest BCUT2D eigenvalue weighted by atomic mass is 9.95. The van der Waals surface area contributed by atoms with Crippen molar-refractivity contribution in [2.75, 3.05) is 11.1 Å². The summed E-state index contributed by atoms with van der Waals surface area (Å²) in [7, 11) is 0. The van der Waals surface area contributed by atoms with E-state index < -0.39 is 0 Å². The number of hydrogen-bond donors (Lipinski definition) is 1. The Labute approximate surface area is 174 Å². The number of fused-ring (bicyclic) bond motifs is 1. The minimum Gasteiger partial charge on any atom is -0.327 e. The Hall–Kier alpha value is -2.79. The van der Waals surface area contributed by atoms with Gasteiger partial charge in [0.05, 0.1) is 11.3 Å². The van der Waals surface area contributed by atoms with Gasteiger partial charge in [-0.25, -0.2) is 0 Å². The molecule has 150 valence electrons. The molecule has 0 aromatic carbocycles. The van der Waals surface area contributed by atoms with Crippen LogP contribution >= 0.6 is 11.8 Å². The highest BCUT2D eigenvalue weighted by atomic mass is 32.2. The summed E-state index contributed by atoms with van der Waals surface area (Å²) in [6.07, 6.45) is 7.68. The monoisotopic (exact) mass is 408 g/mol. The van der Waals surface area contributed by atoms with Crippen LogP contribution < -0.4 is 5.32 Å². The number of anilines is 1. The molecule has 8 heteroatoms. The standard InChI is InChI=1S/C21H24N6OS/c1-14-15(2)27(16-8-4-3-5-9-16)20(17(14)12-22)23-19(28)13-29-21-25-24-18-10-6-7-11-26(18)21/h6-7,10-11,16H,3-5,8-9,13H2,1-2H3,(H,23,28). The van der Waals surface area contributed by atoms with Gasteiger partial charge in [-0.05, 0) is 44.4 Å². The molecule has 0 atom stereocenters. The summed E-state index contributed by atoms with van der Waals surface area (Å²) in [5, 5.41) is 21.7. The fraction of sp³-hybridized carbons (Fsp3) is 0.429. The number of rotatable bonds is 5. The Bertz CT molecular complexity index is 1090. The number of aromatic nitrogens is 4. The zero-order valence-corrected chi connectivity index (χ0v) is 17.5. The highest BCUT2D eigenvalue weighted by molar-refractivity contribution is 7.99. The van der Waals surface area contributed by atoms with Gasteiger partial charge in [-0.3, -0.25) is 9.20 Å². The van der Waals surface area contributed by atoms with Gasteiger partial charge in [-0.15, -0.1) is 10.2 Å².